The zero-order valence-corrected chi connectivity index (χ0v) is 15.5. The Morgan fingerprint density at radius 2 is 2.00 bits per heavy atom. The van der Waals surface area contributed by atoms with E-state index in [-0.39, 0.29) is 23.5 Å². The molecule has 0 spiro atoms. The lowest BCUT2D eigenvalue weighted by Crippen LogP contribution is -2.41. The molecule has 1 fully saturated rings. The van der Waals surface area contributed by atoms with Gasteiger partial charge in [-0.2, -0.15) is 4.31 Å². The largest absolute Gasteiger partial charge is 0.480 e. The smallest absolute Gasteiger partial charge is 0.326 e. The fourth-order valence-corrected chi connectivity index (χ4v) is 4.10. The van der Waals surface area contributed by atoms with E-state index in [1.54, 1.807) is 0 Å². The SMILES string of the molecule is CCCC[C@H](NC(=O)c1cccc(S(=O)(=O)N2CCOCC2)c1)C(=O)O. The lowest BCUT2D eigenvalue weighted by Gasteiger charge is -2.26. The molecule has 26 heavy (non-hydrogen) atoms. The fourth-order valence-electron chi connectivity index (χ4n) is 2.64. The van der Waals surface area contributed by atoms with Crippen LogP contribution in [0.2, 0.25) is 0 Å². The number of rotatable bonds is 8. The Morgan fingerprint density at radius 3 is 2.62 bits per heavy atom. The first-order valence-electron chi connectivity index (χ1n) is 8.58. The molecule has 144 valence electrons. The van der Waals surface area contributed by atoms with E-state index in [2.05, 4.69) is 5.32 Å². The molecule has 0 radical (unpaired) electrons. The highest BCUT2D eigenvalue weighted by atomic mass is 32.2. The topological polar surface area (TPSA) is 113 Å². The number of carbonyl (C=O) groups is 2. The van der Waals surface area contributed by atoms with Gasteiger partial charge in [0, 0.05) is 18.7 Å². The Bertz CT molecular complexity index is 743. The molecular formula is C17H24N2O6S. The van der Waals surface area contributed by atoms with Crippen molar-refractivity contribution in [2.45, 2.75) is 37.1 Å². The van der Waals surface area contributed by atoms with E-state index < -0.39 is 27.9 Å². The molecule has 1 heterocycles. The molecule has 9 heteroatoms. The summed E-state index contributed by atoms with van der Waals surface area (Å²) in [6.07, 6.45) is 1.80. The number of hydrogen-bond donors (Lipinski definition) is 2. The molecule has 1 saturated heterocycles. The van der Waals surface area contributed by atoms with Crippen LogP contribution in [-0.2, 0) is 19.6 Å². The zero-order valence-electron chi connectivity index (χ0n) is 14.7. The quantitative estimate of drug-likeness (QED) is 0.693. The number of sulfonamides is 1. The van der Waals surface area contributed by atoms with E-state index in [1.807, 2.05) is 6.92 Å². The molecule has 0 saturated carbocycles. The molecule has 0 unspecified atom stereocenters. The highest BCUT2D eigenvalue weighted by Gasteiger charge is 2.27. The average molecular weight is 384 g/mol. The molecule has 8 nitrogen and oxygen atoms in total. The first-order chi connectivity index (χ1) is 12.4. The Balaban J connectivity index is 2.17. The highest BCUT2D eigenvalue weighted by Crippen LogP contribution is 2.18. The monoisotopic (exact) mass is 384 g/mol. The maximum Gasteiger partial charge on any atom is 0.326 e. The minimum Gasteiger partial charge on any atom is -0.480 e. The third-order valence-electron chi connectivity index (χ3n) is 4.15. The van der Waals surface area contributed by atoms with Gasteiger partial charge in [-0.25, -0.2) is 13.2 Å². The number of benzene rings is 1. The van der Waals surface area contributed by atoms with Crippen LogP contribution in [0.4, 0.5) is 0 Å². The van der Waals surface area contributed by atoms with E-state index in [0.29, 0.717) is 26.1 Å². The van der Waals surface area contributed by atoms with Gasteiger partial charge in [-0.15, -0.1) is 0 Å². The number of nitrogens with zero attached hydrogens (tertiary/aromatic N) is 1. The molecular weight excluding hydrogens is 360 g/mol. The standard InChI is InChI=1S/C17H24N2O6S/c1-2-3-7-15(17(21)22)18-16(20)13-5-4-6-14(12-13)26(23,24)19-8-10-25-11-9-19/h4-6,12,15H,2-3,7-11H2,1H3,(H,18,20)(H,21,22)/t15-/m0/s1. The molecule has 1 amide bonds. The Kier molecular flexibility index (Phi) is 7.13. The van der Waals surface area contributed by atoms with Gasteiger partial charge in [0.1, 0.15) is 6.04 Å². The van der Waals surface area contributed by atoms with Gasteiger partial charge in [-0.05, 0) is 24.6 Å². The molecule has 0 aromatic heterocycles. The minimum atomic E-state index is -3.72. The van der Waals surface area contributed by atoms with Crippen molar-refractivity contribution in [1.29, 1.82) is 0 Å². The van der Waals surface area contributed by atoms with Gasteiger partial charge in [0.15, 0.2) is 0 Å². The van der Waals surface area contributed by atoms with Gasteiger partial charge in [-0.3, -0.25) is 4.79 Å². The van der Waals surface area contributed by atoms with Crippen molar-refractivity contribution in [3.8, 4) is 0 Å². The Labute approximate surface area is 153 Å². The lowest BCUT2D eigenvalue weighted by molar-refractivity contribution is -0.139. The number of carbonyl (C=O) groups excluding carboxylic acids is 1. The van der Waals surface area contributed by atoms with Crippen molar-refractivity contribution < 1.29 is 27.9 Å². The molecule has 2 rings (SSSR count). The number of unbranched alkanes of at least 4 members (excludes halogenated alkanes) is 1. The zero-order chi connectivity index (χ0) is 19.2. The molecule has 0 bridgehead atoms. The van der Waals surface area contributed by atoms with E-state index >= 15 is 0 Å². The van der Waals surface area contributed by atoms with Crippen LogP contribution in [0.15, 0.2) is 29.2 Å². The lowest BCUT2D eigenvalue weighted by atomic mass is 10.1. The second-order valence-electron chi connectivity index (χ2n) is 6.05. The van der Waals surface area contributed by atoms with E-state index in [0.717, 1.165) is 6.42 Å². The van der Waals surface area contributed by atoms with E-state index in [1.165, 1.54) is 28.6 Å². The van der Waals surface area contributed by atoms with Crippen LogP contribution < -0.4 is 5.32 Å². The van der Waals surface area contributed by atoms with Crippen LogP contribution in [0, 0.1) is 0 Å². The van der Waals surface area contributed by atoms with Crippen LogP contribution in [0.1, 0.15) is 36.5 Å². The first-order valence-corrected chi connectivity index (χ1v) is 10.0. The van der Waals surface area contributed by atoms with Gasteiger partial charge in [-0.1, -0.05) is 25.8 Å². The second-order valence-corrected chi connectivity index (χ2v) is 7.99. The first kappa shape index (κ1) is 20.3. The van der Waals surface area contributed by atoms with Crippen molar-refractivity contribution in [3.63, 3.8) is 0 Å². The minimum absolute atomic E-state index is 0.00693. The molecule has 1 aliphatic rings. The molecule has 1 aromatic carbocycles. The molecule has 0 aliphatic carbocycles. The summed E-state index contributed by atoms with van der Waals surface area (Å²) in [6.45, 7) is 3.11. The summed E-state index contributed by atoms with van der Waals surface area (Å²) in [5.74, 6) is -1.71. The molecule has 1 aliphatic heterocycles. The average Bonchev–Trinajstić information content (AvgIpc) is 2.65. The third-order valence-corrected chi connectivity index (χ3v) is 6.05. The van der Waals surface area contributed by atoms with Crippen molar-refractivity contribution >= 4 is 21.9 Å². The summed E-state index contributed by atoms with van der Waals surface area (Å²) in [5.41, 5.74) is 0.113. The van der Waals surface area contributed by atoms with Crippen molar-refractivity contribution in [1.82, 2.24) is 9.62 Å². The van der Waals surface area contributed by atoms with Gasteiger partial charge < -0.3 is 15.2 Å². The fraction of sp³-hybridized carbons (Fsp3) is 0.529. The number of nitrogens with one attached hydrogen (secondary N) is 1. The predicted octanol–water partition coefficient (Wildman–Crippen LogP) is 1.08. The molecule has 2 N–H and O–H groups in total. The van der Waals surface area contributed by atoms with Gasteiger partial charge >= 0.3 is 5.97 Å². The number of carboxylic acids is 1. The van der Waals surface area contributed by atoms with Crippen molar-refractivity contribution in [3.05, 3.63) is 29.8 Å². The highest BCUT2D eigenvalue weighted by molar-refractivity contribution is 7.89. The van der Waals surface area contributed by atoms with Crippen LogP contribution in [0.5, 0.6) is 0 Å². The third kappa shape index (κ3) is 5.03. The summed E-state index contributed by atoms with van der Waals surface area (Å²) in [5, 5.41) is 11.7. The van der Waals surface area contributed by atoms with Crippen molar-refractivity contribution in [2.75, 3.05) is 26.3 Å². The molecule has 1 atom stereocenters. The predicted molar refractivity (Wildman–Crippen MR) is 94.4 cm³/mol. The Morgan fingerprint density at radius 1 is 1.31 bits per heavy atom. The number of hydrogen-bond acceptors (Lipinski definition) is 5. The molecule has 1 aromatic rings. The van der Waals surface area contributed by atoms with E-state index in [4.69, 9.17) is 4.74 Å². The maximum absolute atomic E-state index is 12.7. The number of amides is 1. The summed E-state index contributed by atoms with van der Waals surface area (Å²) < 4.78 is 31.8. The summed E-state index contributed by atoms with van der Waals surface area (Å²) in [6, 6.07) is 4.64. The van der Waals surface area contributed by atoms with Crippen LogP contribution in [0.25, 0.3) is 0 Å². The summed E-state index contributed by atoms with van der Waals surface area (Å²) in [4.78, 5) is 23.7. The number of carboxylic acid groups (broad SMARTS) is 1. The maximum atomic E-state index is 12.7. The summed E-state index contributed by atoms with van der Waals surface area (Å²) >= 11 is 0. The summed E-state index contributed by atoms with van der Waals surface area (Å²) in [7, 11) is -3.72. The van der Waals surface area contributed by atoms with E-state index in [9.17, 15) is 23.1 Å². The van der Waals surface area contributed by atoms with Crippen LogP contribution in [-0.4, -0.2) is 62.1 Å². The van der Waals surface area contributed by atoms with Gasteiger partial charge in [0.05, 0.1) is 18.1 Å². The number of morpholine rings is 1. The van der Waals surface area contributed by atoms with Crippen LogP contribution >= 0.6 is 0 Å². The van der Waals surface area contributed by atoms with Gasteiger partial charge in [0.25, 0.3) is 5.91 Å². The van der Waals surface area contributed by atoms with Gasteiger partial charge in [0.2, 0.25) is 10.0 Å². The Hall–Kier alpha value is -1.97. The number of aliphatic carboxylic acids is 1. The number of ether oxygens (including phenoxy) is 1. The van der Waals surface area contributed by atoms with Crippen LogP contribution in [0.3, 0.4) is 0 Å². The normalized spacial score (nSPS) is 16.8. The second kappa shape index (κ2) is 9.11. The van der Waals surface area contributed by atoms with Crippen molar-refractivity contribution in [2.24, 2.45) is 0 Å².